The minimum absolute atomic E-state index is 0.185. The maximum atomic E-state index is 11.4. The summed E-state index contributed by atoms with van der Waals surface area (Å²) in [4.78, 5) is 33.8. The van der Waals surface area contributed by atoms with Crippen LogP contribution in [0.15, 0.2) is 0 Å². The molecule has 0 aliphatic carbocycles. The molecule has 0 aliphatic rings. The van der Waals surface area contributed by atoms with Gasteiger partial charge in [0.05, 0.1) is 6.61 Å². The lowest BCUT2D eigenvalue weighted by atomic mass is 10.5. The molecule has 7 nitrogen and oxygen atoms in total. The third-order valence-corrected chi connectivity index (χ3v) is 1.69. The molecule has 0 unspecified atom stereocenters. The molecule has 0 aliphatic heterocycles. The number of carboxylic acids is 1. The second kappa shape index (κ2) is 7.49. The molecule has 0 heterocycles. The molecule has 0 rings (SSSR count). The van der Waals surface area contributed by atoms with Gasteiger partial charge in [-0.1, -0.05) is 0 Å². The van der Waals surface area contributed by atoms with Crippen LogP contribution in [-0.4, -0.2) is 54.2 Å². The molecular formula is C9H16N2O5. The molecule has 0 saturated heterocycles. The van der Waals surface area contributed by atoms with Crippen LogP contribution in [0.4, 0.5) is 4.79 Å². The van der Waals surface area contributed by atoms with Crippen molar-refractivity contribution in [2.75, 3.05) is 26.2 Å². The van der Waals surface area contributed by atoms with E-state index in [0.29, 0.717) is 6.54 Å². The molecule has 7 heteroatoms. The lowest BCUT2D eigenvalue weighted by molar-refractivity contribution is -0.143. The Kier molecular flexibility index (Phi) is 6.66. The molecule has 0 atom stereocenters. The molecule has 2 amide bonds. The number of carbonyl (C=O) groups excluding carboxylic acids is 2. The number of likely N-dealkylation sites (N-methyl/N-ethyl adjacent to an activating group) is 1. The van der Waals surface area contributed by atoms with Gasteiger partial charge in [0.1, 0.15) is 13.1 Å². The van der Waals surface area contributed by atoms with Gasteiger partial charge in [-0.25, -0.2) is 4.79 Å². The lowest BCUT2D eigenvalue weighted by Crippen LogP contribution is -2.44. The smallest absolute Gasteiger partial charge is 0.325 e. The van der Waals surface area contributed by atoms with E-state index < -0.39 is 24.5 Å². The first kappa shape index (κ1) is 14.2. The predicted molar refractivity (Wildman–Crippen MR) is 54.9 cm³/mol. The van der Waals surface area contributed by atoms with Gasteiger partial charge in [-0.2, -0.15) is 0 Å². The largest absolute Gasteiger partial charge is 0.480 e. The van der Waals surface area contributed by atoms with Crippen LogP contribution in [0.2, 0.25) is 0 Å². The number of amides is 2. The summed E-state index contributed by atoms with van der Waals surface area (Å²) in [5, 5.41) is 10.5. The second-order valence-electron chi connectivity index (χ2n) is 2.87. The summed E-state index contributed by atoms with van der Waals surface area (Å²) >= 11 is 0. The zero-order valence-corrected chi connectivity index (χ0v) is 9.36. The van der Waals surface area contributed by atoms with E-state index in [1.807, 2.05) is 0 Å². The van der Waals surface area contributed by atoms with Crippen LogP contribution >= 0.6 is 0 Å². The number of esters is 1. The van der Waals surface area contributed by atoms with Gasteiger partial charge in [-0.15, -0.1) is 0 Å². The van der Waals surface area contributed by atoms with Gasteiger partial charge in [-0.3, -0.25) is 9.59 Å². The fourth-order valence-electron chi connectivity index (χ4n) is 0.953. The highest BCUT2D eigenvalue weighted by molar-refractivity contribution is 5.83. The first-order valence-electron chi connectivity index (χ1n) is 4.91. The Hall–Kier alpha value is -1.79. The topological polar surface area (TPSA) is 95.9 Å². The van der Waals surface area contributed by atoms with Crippen molar-refractivity contribution in [3.63, 3.8) is 0 Å². The van der Waals surface area contributed by atoms with Crippen molar-refractivity contribution in [2.45, 2.75) is 13.8 Å². The van der Waals surface area contributed by atoms with Crippen LogP contribution in [0, 0.1) is 0 Å². The van der Waals surface area contributed by atoms with E-state index in [4.69, 9.17) is 5.11 Å². The molecule has 0 fully saturated rings. The van der Waals surface area contributed by atoms with E-state index in [0.717, 1.165) is 0 Å². The third kappa shape index (κ3) is 5.84. The summed E-state index contributed by atoms with van der Waals surface area (Å²) < 4.78 is 4.67. The average molecular weight is 232 g/mol. The number of hydrogen-bond acceptors (Lipinski definition) is 4. The second-order valence-corrected chi connectivity index (χ2v) is 2.87. The summed E-state index contributed by atoms with van der Waals surface area (Å²) in [6.07, 6.45) is 0. The standard InChI is InChI=1S/C9H16N2O5/c1-3-11(6-8(14)16-4-2)9(15)10-5-7(12)13/h3-6H2,1-2H3,(H,10,15)(H,12,13). The predicted octanol–water partition coefficient (Wildman–Crippen LogP) is -0.334. The van der Waals surface area contributed by atoms with E-state index in [-0.39, 0.29) is 13.2 Å². The van der Waals surface area contributed by atoms with Gasteiger partial charge in [0.25, 0.3) is 0 Å². The van der Waals surface area contributed by atoms with Gasteiger partial charge in [0.15, 0.2) is 0 Å². The van der Waals surface area contributed by atoms with Crippen LogP contribution < -0.4 is 5.32 Å². The zero-order chi connectivity index (χ0) is 12.6. The van der Waals surface area contributed by atoms with E-state index >= 15 is 0 Å². The highest BCUT2D eigenvalue weighted by Crippen LogP contribution is 1.91. The van der Waals surface area contributed by atoms with Crippen molar-refractivity contribution in [3.05, 3.63) is 0 Å². The number of hydrogen-bond donors (Lipinski definition) is 2. The molecule has 92 valence electrons. The number of ether oxygens (including phenoxy) is 1. The summed E-state index contributed by atoms with van der Waals surface area (Å²) in [5.74, 6) is -1.66. The maximum Gasteiger partial charge on any atom is 0.325 e. The van der Waals surface area contributed by atoms with Gasteiger partial charge >= 0.3 is 18.0 Å². The molecule has 0 spiro atoms. The van der Waals surface area contributed by atoms with Crippen molar-refractivity contribution in [2.24, 2.45) is 0 Å². The number of rotatable bonds is 6. The third-order valence-electron chi connectivity index (χ3n) is 1.69. The Morgan fingerprint density at radius 2 is 1.94 bits per heavy atom. The molecule has 0 radical (unpaired) electrons. The first-order chi connectivity index (χ1) is 7.51. The number of carboxylic acid groups (broad SMARTS) is 1. The molecule has 0 aromatic heterocycles. The molecule has 0 aromatic carbocycles. The van der Waals surface area contributed by atoms with Crippen molar-refractivity contribution in [1.29, 1.82) is 0 Å². The highest BCUT2D eigenvalue weighted by atomic mass is 16.5. The fraction of sp³-hybridized carbons (Fsp3) is 0.667. The van der Waals surface area contributed by atoms with Gasteiger partial charge < -0.3 is 20.1 Å². The Morgan fingerprint density at radius 3 is 2.38 bits per heavy atom. The Labute approximate surface area is 93.4 Å². The maximum absolute atomic E-state index is 11.4. The summed E-state index contributed by atoms with van der Waals surface area (Å²) in [5.41, 5.74) is 0. The molecule has 0 aromatic rings. The summed E-state index contributed by atoms with van der Waals surface area (Å²) in [7, 11) is 0. The number of aliphatic carboxylic acids is 1. The molecular weight excluding hydrogens is 216 g/mol. The first-order valence-corrected chi connectivity index (χ1v) is 4.91. The minimum Gasteiger partial charge on any atom is -0.480 e. The van der Waals surface area contributed by atoms with Crippen molar-refractivity contribution in [3.8, 4) is 0 Å². The summed E-state index contributed by atoms with van der Waals surface area (Å²) in [6, 6.07) is -0.599. The van der Waals surface area contributed by atoms with E-state index in [2.05, 4.69) is 10.1 Å². The van der Waals surface area contributed by atoms with Crippen molar-refractivity contribution < 1.29 is 24.2 Å². The van der Waals surface area contributed by atoms with Crippen LogP contribution in [0.3, 0.4) is 0 Å². The van der Waals surface area contributed by atoms with E-state index in [9.17, 15) is 14.4 Å². The average Bonchev–Trinajstić information content (AvgIpc) is 2.22. The van der Waals surface area contributed by atoms with Crippen molar-refractivity contribution in [1.82, 2.24) is 10.2 Å². The molecule has 16 heavy (non-hydrogen) atoms. The van der Waals surface area contributed by atoms with Gasteiger partial charge in [-0.05, 0) is 13.8 Å². The summed E-state index contributed by atoms with van der Waals surface area (Å²) in [6.45, 7) is 3.23. The number of urea groups is 1. The Bertz CT molecular complexity index is 267. The van der Waals surface area contributed by atoms with Crippen LogP contribution in [-0.2, 0) is 14.3 Å². The number of carbonyl (C=O) groups is 3. The lowest BCUT2D eigenvalue weighted by Gasteiger charge is -2.19. The Balaban J connectivity index is 4.11. The van der Waals surface area contributed by atoms with E-state index in [1.165, 1.54) is 4.90 Å². The van der Waals surface area contributed by atoms with Crippen LogP contribution in [0.5, 0.6) is 0 Å². The Morgan fingerprint density at radius 1 is 1.31 bits per heavy atom. The quantitative estimate of drug-likeness (QED) is 0.611. The SMILES string of the molecule is CCOC(=O)CN(CC)C(=O)NCC(=O)O. The molecule has 0 saturated carbocycles. The van der Waals surface area contributed by atoms with Gasteiger partial charge in [0.2, 0.25) is 0 Å². The molecule has 0 bridgehead atoms. The number of nitrogens with zero attached hydrogens (tertiary/aromatic N) is 1. The highest BCUT2D eigenvalue weighted by Gasteiger charge is 2.16. The van der Waals surface area contributed by atoms with Crippen molar-refractivity contribution >= 4 is 18.0 Å². The van der Waals surface area contributed by atoms with Gasteiger partial charge in [0, 0.05) is 6.54 Å². The molecule has 2 N–H and O–H groups in total. The minimum atomic E-state index is -1.14. The number of nitrogens with one attached hydrogen (secondary N) is 1. The monoisotopic (exact) mass is 232 g/mol. The van der Waals surface area contributed by atoms with Crippen LogP contribution in [0.25, 0.3) is 0 Å². The zero-order valence-electron chi connectivity index (χ0n) is 9.36. The normalized spacial score (nSPS) is 9.38. The van der Waals surface area contributed by atoms with E-state index in [1.54, 1.807) is 13.8 Å². The fourth-order valence-corrected chi connectivity index (χ4v) is 0.953. The van der Waals surface area contributed by atoms with Crippen LogP contribution in [0.1, 0.15) is 13.8 Å².